The number of halogens is 1. The number of piperidine rings is 1. The van der Waals surface area contributed by atoms with Crippen molar-refractivity contribution in [3.8, 4) is 0 Å². The molecule has 0 aromatic carbocycles. The highest BCUT2D eigenvalue weighted by atomic mass is 35.5. The lowest BCUT2D eigenvalue weighted by atomic mass is 10.1. The number of rotatable bonds is 2. The molecule has 0 saturated carbocycles. The number of ether oxygens (including phenoxy) is 1. The van der Waals surface area contributed by atoms with Crippen LogP contribution >= 0.6 is 11.6 Å². The predicted octanol–water partition coefficient (Wildman–Crippen LogP) is 3.27. The summed E-state index contributed by atoms with van der Waals surface area (Å²) in [6.45, 7) is 9.04. The van der Waals surface area contributed by atoms with Crippen LogP contribution in [-0.4, -0.2) is 52.7 Å². The van der Waals surface area contributed by atoms with Crippen molar-refractivity contribution in [1.82, 2.24) is 14.9 Å². The van der Waals surface area contributed by atoms with Crippen molar-refractivity contribution >= 4 is 23.6 Å². The van der Waals surface area contributed by atoms with Crippen LogP contribution in [0.1, 0.15) is 39.3 Å². The second-order valence-corrected chi connectivity index (χ2v) is 7.35. The summed E-state index contributed by atoms with van der Waals surface area (Å²) in [6, 6.07) is 1.81. The third-order valence-electron chi connectivity index (χ3n) is 3.72. The first-order valence-corrected chi connectivity index (χ1v) is 8.25. The van der Waals surface area contributed by atoms with Gasteiger partial charge in [0.05, 0.1) is 6.04 Å². The number of anilines is 1. The van der Waals surface area contributed by atoms with E-state index in [0.717, 1.165) is 25.1 Å². The van der Waals surface area contributed by atoms with Crippen LogP contribution in [0.4, 0.5) is 10.7 Å². The van der Waals surface area contributed by atoms with Gasteiger partial charge in [0.15, 0.2) is 0 Å². The molecule has 0 bridgehead atoms. The van der Waals surface area contributed by atoms with Crippen molar-refractivity contribution in [2.45, 2.75) is 52.2 Å². The van der Waals surface area contributed by atoms with Crippen LogP contribution in [-0.2, 0) is 4.74 Å². The first-order valence-electron chi connectivity index (χ1n) is 7.87. The Hall–Kier alpha value is -1.56. The molecule has 0 N–H and O–H groups in total. The fourth-order valence-corrected chi connectivity index (χ4v) is 2.83. The molecule has 0 unspecified atom stereocenters. The highest BCUT2D eigenvalue weighted by molar-refractivity contribution is 6.29. The molecule has 2 rings (SSSR count). The van der Waals surface area contributed by atoms with Gasteiger partial charge in [0.2, 0.25) is 5.95 Å². The van der Waals surface area contributed by atoms with Gasteiger partial charge in [-0.25, -0.2) is 14.8 Å². The van der Waals surface area contributed by atoms with E-state index in [9.17, 15) is 4.79 Å². The average Bonchev–Trinajstić information content (AvgIpc) is 2.44. The van der Waals surface area contributed by atoms with E-state index in [1.54, 1.807) is 18.0 Å². The number of likely N-dealkylation sites (N-methyl/N-ethyl adjacent to an activating group) is 1. The molecule has 23 heavy (non-hydrogen) atoms. The number of amides is 1. The SMILES string of the molecule is Cc1cc(Cl)nc(N2CCC[C@@H](N(C)C(=O)OC(C)(C)C)C2)n1. The van der Waals surface area contributed by atoms with Gasteiger partial charge in [-0.3, -0.25) is 0 Å². The van der Waals surface area contributed by atoms with E-state index in [1.165, 1.54) is 0 Å². The second-order valence-electron chi connectivity index (χ2n) is 6.97. The molecule has 0 radical (unpaired) electrons. The molecule has 7 heteroatoms. The van der Waals surface area contributed by atoms with Crippen molar-refractivity contribution in [3.63, 3.8) is 0 Å². The molecule has 0 aliphatic carbocycles. The molecule has 6 nitrogen and oxygen atoms in total. The third-order valence-corrected chi connectivity index (χ3v) is 3.91. The van der Waals surface area contributed by atoms with Crippen molar-refractivity contribution in [2.75, 3.05) is 25.0 Å². The normalized spacial score (nSPS) is 18.7. The van der Waals surface area contributed by atoms with E-state index in [0.29, 0.717) is 17.6 Å². The van der Waals surface area contributed by atoms with E-state index in [1.807, 2.05) is 27.7 Å². The summed E-state index contributed by atoms with van der Waals surface area (Å²) in [5.41, 5.74) is 0.343. The smallest absolute Gasteiger partial charge is 0.410 e. The lowest BCUT2D eigenvalue weighted by Gasteiger charge is -2.38. The van der Waals surface area contributed by atoms with Gasteiger partial charge in [-0.2, -0.15) is 0 Å². The van der Waals surface area contributed by atoms with Crippen LogP contribution in [0.3, 0.4) is 0 Å². The summed E-state index contributed by atoms with van der Waals surface area (Å²) in [7, 11) is 1.78. The fraction of sp³-hybridized carbons (Fsp3) is 0.688. The second kappa shape index (κ2) is 6.91. The molecule has 1 saturated heterocycles. The van der Waals surface area contributed by atoms with Crippen molar-refractivity contribution in [3.05, 3.63) is 16.9 Å². The molecule has 1 atom stereocenters. The summed E-state index contributed by atoms with van der Waals surface area (Å²) in [5.74, 6) is 0.622. The Balaban J connectivity index is 2.07. The molecule has 1 fully saturated rings. The van der Waals surface area contributed by atoms with Crippen LogP contribution in [0, 0.1) is 6.92 Å². The van der Waals surface area contributed by atoms with E-state index < -0.39 is 5.60 Å². The fourth-order valence-electron chi connectivity index (χ4n) is 2.59. The standard InChI is InChI=1S/C16H25ClN4O2/c1-11-9-13(17)19-14(18-11)21-8-6-7-12(10-21)20(5)15(22)23-16(2,3)4/h9,12H,6-8,10H2,1-5H3/t12-/m1/s1. The first kappa shape index (κ1) is 17.8. The highest BCUT2D eigenvalue weighted by Gasteiger charge is 2.30. The number of nitrogens with zero attached hydrogens (tertiary/aromatic N) is 4. The van der Waals surface area contributed by atoms with Crippen molar-refractivity contribution < 1.29 is 9.53 Å². The Labute approximate surface area is 142 Å². The Morgan fingerprint density at radius 1 is 1.43 bits per heavy atom. The quantitative estimate of drug-likeness (QED) is 0.773. The van der Waals surface area contributed by atoms with Gasteiger partial charge in [0.25, 0.3) is 0 Å². The van der Waals surface area contributed by atoms with Gasteiger partial charge in [-0.15, -0.1) is 0 Å². The van der Waals surface area contributed by atoms with E-state index >= 15 is 0 Å². The van der Waals surface area contributed by atoms with Gasteiger partial charge in [-0.1, -0.05) is 11.6 Å². The molecule has 1 aromatic heterocycles. The molecule has 2 heterocycles. The number of hydrogen-bond acceptors (Lipinski definition) is 5. The minimum absolute atomic E-state index is 0.0708. The molecule has 1 aromatic rings. The number of carbonyl (C=O) groups is 1. The van der Waals surface area contributed by atoms with Gasteiger partial charge in [0, 0.05) is 25.8 Å². The van der Waals surface area contributed by atoms with Gasteiger partial charge in [-0.05, 0) is 46.6 Å². The Kier molecular flexibility index (Phi) is 5.34. The van der Waals surface area contributed by atoms with Gasteiger partial charge >= 0.3 is 6.09 Å². The summed E-state index contributed by atoms with van der Waals surface area (Å²) in [4.78, 5) is 24.7. The van der Waals surface area contributed by atoms with Crippen molar-refractivity contribution in [2.24, 2.45) is 0 Å². The predicted molar refractivity (Wildman–Crippen MR) is 91.0 cm³/mol. The maximum Gasteiger partial charge on any atom is 0.410 e. The molecule has 1 amide bonds. The molecule has 1 aliphatic rings. The number of aryl methyl sites for hydroxylation is 1. The van der Waals surface area contributed by atoms with Crippen LogP contribution in [0.5, 0.6) is 0 Å². The van der Waals surface area contributed by atoms with E-state index in [4.69, 9.17) is 16.3 Å². The first-order chi connectivity index (χ1) is 10.7. The highest BCUT2D eigenvalue weighted by Crippen LogP contribution is 2.22. The number of carbonyl (C=O) groups excluding carboxylic acids is 1. The molecular weight excluding hydrogens is 316 g/mol. The largest absolute Gasteiger partial charge is 0.444 e. The lowest BCUT2D eigenvalue weighted by Crippen LogP contribution is -2.50. The minimum atomic E-state index is -0.493. The summed E-state index contributed by atoms with van der Waals surface area (Å²) >= 11 is 6.03. The minimum Gasteiger partial charge on any atom is -0.444 e. The van der Waals surface area contributed by atoms with Gasteiger partial charge in [0.1, 0.15) is 10.8 Å². The number of hydrogen-bond donors (Lipinski definition) is 0. The molecule has 1 aliphatic heterocycles. The molecule has 128 valence electrons. The Morgan fingerprint density at radius 2 is 2.13 bits per heavy atom. The zero-order valence-corrected chi connectivity index (χ0v) is 15.2. The zero-order valence-electron chi connectivity index (χ0n) is 14.5. The average molecular weight is 341 g/mol. The summed E-state index contributed by atoms with van der Waals surface area (Å²) in [6.07, 6.45) is 1.60. The molecular formula is C16H25ClN4O2. The third kappa shape index (κ3) is 4.96. The van der Waals surface area contributed by atoms with Crippen LogP contribution in [0.25, 0.3) is 0 Å². The van der Waals surface area contributed by atoms with Crippen LogP contribution in [0.2, 0.25) is 5.15 Å². The maximum atomic E-state index is 12.2. The Morgan fingerprint density at radius 3 is 2.74 bits per heavy atom. The lowest BCUT2D eigenvalue weighted by molar-refractivity contribution is 0.0209. The van der Waals surface area contributed by atoms with E-state index in [2.05, 4.69) is 14.9 Å². The van der Waals surface area contributed by atoms with Crippen LogP contribution < -0.4 is 4.90 Å². The van der Waals surface area contributed by atoms with Crippen molar-refractivity contribution in [1.29, 1.82) is 0 Å². The maximum absolute atomic E-state index is 12.2. The molecule has 0 spiro atoms. The summed E-state index contributed by atoms with van der Waals surface area (Å²) in [5, 5.41) is 0.440. The topological polar surface area (TPSA) is 58.6 Å². The Bertz CT molecular complexity index is 553. The van der Waals surface area contributed by atoms with Gasteiger partial charge < -0.3 is 14.5 Å². The van der Waals surface area contributed by atoms with E-state index in [-0.39, 0.29) is 12.1 Å². The monoisotopic (exact) mass is 340 g/mol. The summed E-state index contributed by atoms with van der Waals surface area (Å²) < 4.78 is 5.45. The van der Waals surface area contributed by atoms with Crippen LogP contribution in [0.15, 0.2) is 6.07 Å². The zero-order chi connectivity index (χ0) is 17.2. The number of aromatic nitrogens is 2.